The van der Waals surface area contributed by atoms with Crippen LogP contribution in [-0.2, 0) is 22.3 Å². The zero-order chi connectivity index (χ0) is 19.5. The van der Waals surface area contributed by atoms with Crippen molar-refractivity contribution in [3.8, 4) is 5.69 Å². The molecule has 0 bridgehead atoms. The molecule has 1 fully saturated rings. The molecular formula is C18H22ClF3N4O2. The van der Waals surface area contributed by atoms with Crippen LogP contribution in [0.25, 0.3) is 5.69 Å². The maximum Gasteiger partial charge on any atom is 0.435 e. The average molecular weight is 419 g/mol. The maximum absolute atomic E-state index is 12.6. The average Bonchev–Trinajstić information content (AvgIpc) is 3.18. The lowest BCUT2D eigenvalue weighted by Crippen LogP contribution is -2.48. The van der Waals surface area contributed by atoms with Crippen molar-refractivity contribution in [1.82, 2.24) is 15.1 Å². The number of nitrogens with zero attached hydrogens (tertiary/aromatic N) is 2. The van der Waals surface area contributed by atoms with Crippen LogP contribution in [0.15, 0.2) is 36.5 Å². The van der Waals surface area contributed by atoms with Crippen molar-refractivity contribution >= 4 is 18.3 Å². The largest absolute Gasteiger partial charge is 0.435 e. The summed E-state index contributed by atoms with van der Waals surface area (Å²) in [4.78, 5) is 12.5. The Kier molecular flexibility index (Phi) is 7.08. The van der Waals surface area contributed by atoms with Gasteiger partial charge in [0, 0.05) is 32.5 Å². The number of hydrogen-bond donors (Lipinski definition) is 2. The van der Waals surface area contributed by atoms with Crippen LogP contribution in [0.2, 0.25) is 0 Å². The molecule has 1 aromatic carbocycles. The van der Waals surface area contributed by atoms with E-state index in [4.69, 9.17) is 10.5 Å². The van der Waals surface area contributed by atoms with Crippen LogP contribution in [0.4, 0.5) is 13.2 Å². The molecule has 1 aliphatic rings. The van der Waals surface area contributed by atoms with Crippen molar-refractivity contribution in [2.45, 2.75) is 25.6 Å². The number of rotatable bonds is 5. The summed E-state index contributed by atoms with van der Waals surface area (Å²) in [7, 11) is 0. The second kappa shape index (κ2) is 8.93. The fraction of sp³-hybridized carbons (Fsp3) is 0.444. The molecule has 3 rings (SSSR count). The Hall–Kier alpha value is -2.10. The van der Waals surface area contributed by atoms with Crippen LogP contribution in [0, 0.1) is 5.41 Å². The van der Waals surface area contributed by atoms with Crippen LogP contribution in [0.5, 0.6) is 0 Å². The van der Waals surface area contributed by atoms with Crippen LogP contribution in [0.1, 0.15) is 24.1 Å². The number of carbonyl (C=O) groups excluding carboxylic acids is 1. The first-order chi connectivity index (χ1) is 12.8. The fourth-order valence-corrected chi connectivity index (χ4v) is 3.04. The number of halogens is 4. The number of benzene rings is 1. The second-order valence-corrected chi connectivity index (χ2v) is 6.59. The van der Waals surface area contributed by atoms with Crippen LogP contribution >= 0.6 is 12.4 Å². The Labute approximate surface area is 166 Å². The summed E-state index contributed by atoms with van der Waals surface area (Å²) in [6.45, 7) is 1.61. The van der Waals surface area contributed by atoms with Gasteiger partial charge in [-0.3, -0.25) is 4.79 Å². The second-order valence-electron chi connectivity index (χ2n) is 6.59. The zero-order valence-corrected chi connectivity index (χ0v) is 15.9. The number of aromatic nitrogens is 2. The minimum Gasteiger partial charge on any atom is -0.381 e. The van der Waals surface area contributed by atoms with E-state index in [1.54, 1.807) is 24.3 Å². The van der Waals surface area contributed by atoms with E-state index in [1.807, 2.05) is 0 Å². The molecule has 10 heteroatoms. The maximum atomic E-state index is 12.6. The van der Waals surface area contributed by atoms with E-state index in [0.717, 1.165) is 16.3 Å². The highest BCUT2D eigenvalue weighted by atomic mass is 35.5. The summed E-state index contributed by atoms with van der Waals surface area (Å²) >= 11 is 0. The quantitative estimate of drug-likeness (QED) is 0.782. The van der Waals surface area contributed by atoms with Crippen LogP contribution in [0.3, 0.4) is 0 Å². The van der Waals surface area contributed by atoms with Crippen LogP contribution < -0.4 is 11.1 Å². The third-order valence-corrected chi connectivity index (χ3v) is 4.86. The van der Waals surface area contributed by atoms with Crippen molar-refractivity contribution in [2.24, 2.45) is 11.1 Å². The minimum absolute atomic E-state index is 0. The molecule has 28 heavy (non-hydrogen) atoms. The van der Waals surface area contributed by atoms with Gasteiger partial charge in [0.05, 0.1) is 11.1 Å². The molecule has 6 nitrogen and oxygen atoms in total. The van der Waals surface area contributed by atoms with E-state index in [-0.39, 0.29) is 24.9 Å². The predicted molar refractivity (Wildman–Crippen MR) is 99.2 cm³/mol. The topological polar surface area (TPSA) is 82.2 Å². The Morgan fingerprint density at radius 3 is 2.39 bits per heavy atom. The van der Waals surface area contributed by atoms with Gasteiger partial charge in [-0.05, 0) is 36.6 Å². The molecule has 0 atom stereocenters. The summed E-state index contributed by atoms with van der Waals surface area (Å²) in [6.07, 6.45) is -2.03. The lowest BCUT2D eigenvalue weighted by atomic mass is 9.79. The minimum atomic E-state index is -4.47. The van der Waals surface area contributed by atoms with E-state index in [0.29, 0.717) is 38.3 Å². The normalized spacial score (nSPS) is 16.3. The van der Waals surface area contributed by atoms with Crippen molar-refractivity contribution in [3.05, 3.63) is 47.8 Å². The van der Waals surface area contributed by atoms with Gasteiger partial charge in [-0.1, -0.05) is 12.1 Å². The van der Waals surface area contributed by atoms with Crippen LogP contribution in [-0.4, -0.2) is 35.4 Å². The molecule has 2 aromatic rings. The smallest absolute Gasteiger partial charge is 0.381 e. The number of alkyl halides is 3. The monoisotopic (exact) mass is 418 g/mol. The highest BCUT2D eigenvalue weighted by Crippen LogP contribution is 2.30. The molecule has 0 saturated carbocycles. The van der Waals surface area contributed by atoms with Gasteiger partial charge in [0.25, 0.3) is 0 Å². The third-order valence-electron chi connectivity index (χ3n) is 4.86. The summed E-state index contributed by atoms with van der Waals surface area (Å²) in [6, 6.07) is 7.71. The first-order valence-corrected chi connectivity index (χ1v) is 8.62. The van der Waals surface area contributed by atoms with Gasteiger partial charge in [0.2, 0.25) is 5.91 Å². The molecule has 1 aliphatic heterocycles. The fourth-order valence-electron chi connectivity index (χ4n) is 3.04. The standard InChI is InChI=1S/C18H21F3N4O2.ClH/c19-18(20,21)15-5-8-25(24-15)14-3-1-13(2-4-14)11-23-16(26)17(12-22)6-9-27-10-7-17;/h1-5,8H,6-7,9-12,22H2,(H,23,26);1H. The van der Waals surface area contributed by atoms with Crippen molar-refractivity contribution in [1.29, 1.82) is 0 Å². The molecule has 0 radical (unpaired) electrons. The molecular weight excluding hydrogens is 397 g/mol. The van der Waals surface area contributed by atoms with E-state index in [2.05, 4.69) is 10.4 Å². The molecule has 0 spiro atoms. The van der Waals surface area contributed by atoms with Gasteiger partial charge in [0.1, 0.15) is 0 Å². The Bertz CT molecular complexity index is 787. The zero-order valence-electron chi connectivity index (χ0n) is 15.0. The van der Waals surface area contributed by atoms with Crippen molar-refractivity contribution in [2.75, 3.05) is 19.8 Å². The van der Waals surface area contributed by atoms with E-state index in [1.165, 1.54) is 6.20 Å². The Morgan fingerprint density at radius 2 is 1.86 bits per heavy atom. The van der Waals surface area contributed by atoms with Crippen molar-refractivity contribution < 1.29 is 22.7 Å². The molecule has 1 amide bonds. The summed E-state index contributed by atoms with van der Waals surface area (Å²) in [5, 5.41) is 6.43. The molecule has 1 aromatic heterocycles. The molecule has 154 valence electrons. The molecule has 0 aliphatic carbocycles. The summed E-state index contributed by atoms with van der Waals surface area (Å²) in [5.74, 6) is -0.0979. The Morgan fingerprint density at radius 1 is 1.21 bits per heavy atom. The number of carbonyl (C=O) groups is 1. The number of ether oxygens (including phenoxy) is 1. The molecule has 3 N–H and O–H groups in total. The van der Waals surface area contributed by atoms with Gasteiger partial charge in [-0.25, -0.2) is 4.68 Å². The predicted octanol–water partition coefficient (Wildman–Crippen LogP) is 2.68. The highest BCUT2D eigenvalue weighted by Gasteiger charge is 2.38. The van der Waals surface area contributed by atoms with Gasteiger partial charge >= 0.3 is 6.18 Å². The van der Waals surface area contributed by atoms with Gasteiger partial charge in [-0.2, -0.15) is 18.3 Å². The van der Waals surface area contributed by atoms with E-state index >= 15 is 0 Å². The summed E-state index contributed by atoms with van der Waals surface area (Å²) in [5.41, 5.74) is 5.61. The lowest BCUT2D eigenvalue weighted by molar-refractivity contribution is -0.141. The van der Waals surface area contributed by atoms with Gasteiger partial charge in [0.15, 0.2) is 5.69 Å². The Balaban J connectivity index is 0.00000280. The molecule has 1 saturated heterocycles. The number of amides is 1. The van der Waals surface area contributed by atoms with Gasteiger partial charge in [-0.15, -0.1) is 12.4 Å². The first kappa shape index (κ1) is 22.2. The van der Waals surface area contributed by atoms with Gasteiger partial charge < -0.3 is 15.8 Å². The molecule has 2 heterocycles. The number of hydrogen-bond acceptors (Lipinski definition) is 4. The number of nitrogens with two attached hydrogens (primary N) is 1. The van der Waals surface area contributed by atoms with Crippen molar-refractivity contribution in [3.63, 3.8) is 0 Å². The highest BCUT2D eigenvalue weighted by molar-refractivity contribution is 5.85. The third kappa shape index (κ3) is 4.84. The first-order valence-electron chi connectivity index (χ1n) is 8.62. The van der Waals surface area contributed by atoms with E-state index < -0.39 is 17.3 Å². The van der Waals surface area contributed by atoms with E-state index in [9.17, 15) is 18.0 Å². The SMILES string of the molecule is Cl.NCC1(C(=O)NCc2ccc(-n3ccc(C(F)(F)F)n3)cc2)CCOCC1. The lowest BCUT2D eigenvalue weighted by Gasteiger charge is -2.34. The number of nitrogens with one attached hydrogen (secondary N) is 1. The molecule has 0 unspecified atom stereocenters. The summed E-state index contributed by atoms with van der Waals surface area (Å²) < 4.78 is 44.4.